The second-order valence-corrected chi connectivity index (χ2v) is 5.11. The van der Waals surface area contributed by atoms with Crippen molar-refractivity contribution in [2.45, 2.75) is 0 Å². The van der Waals surface area contributed by atoms with E-state index in [0.29, 0.717) is 0 Å². The maximum Gasteiger partial charge on any atom is 0.141 e. The van der Waals surface area contributed by atoms with E-state index in [1.54, 1.807) is 25.4 Å². The highest BCUT2D eigenvalue weighted by Gasteiger charge is 2.13. The van der Waals surface area contributed by atoms with Crippen molar-refractivity contribution in [3.63, 3.8) is 0 Å². The van der Waals surface area contributed by atoms with Crippen molar-refractivity contribution in [3.05, 3.63) is 60.8 Å². The molecule has 4 heteroatoms. The topological polar surface area (TPSA) is 47.3 Å². The van der Waals surface area contributed by atoms with Crippen molar-refractivity contribution >= 4 is 21.8 Å². The molecule has 0 aliphatic rings. The van der Waals surface area contributed by atoms with Crippen LogP contribution in [0.4, 0.5) is 0 Å². The lowest BCUT2D eigenvalue weighted by Gasteiger charge is -2.08. The van der Waals surface area contributed by atoms with Crippen molar-refractivity contribution in [2.75, 3.05) is 7.11 Å². The lowest BCUT2D eigenvalue weighted by molar-refractivity contribution is 0.414. The molecule has 4 rings (SSSR count). The van der Waals surface area contributed by atoms with Gasteiger partial charge in [0, 0.05) is 29.1 Å². The third-order valence-electron chi connectivity index (χ3n) is 3.84. The van der Waals surface area contributed by atoms with Crippen LogP contribution < -0.4 is 4.74 Å². The molecule has 2 aromatic heterocycles. The predicted molar refractivity (Wildman–Crippen MR) is 86.8 cm³/mol. The number of para-hydroxylation sites is 1. The molecule has 1 N–H and O–H groups in total. The van der Waals surface area contributed by atoms with Gasteiger partial charge >= 0.3 is 0 Å². The Kier molecular flexibility index (Phi) is 2.76. The number of phenolic OH excluding ortho intramolecular Hbond substituents is 1. The number of methoxy groups -OCH3 is 1. The van der Waals surface area contributed by atoms with Crippen LogP contribution in [-0.4, -0.2) is 21.8 Å². The molecule has 4 nitrogen and oxygen atoms in total. The summed E-state index contributed by atoms with van der Waals surface area (Å²) in [7, 11) is 1.64. The fraction of sp³-hybridized carbons (Fsp3) is 0.0556. The van der Waals surface area contributed by atoms with Crippen molar-refractivity contribution in [2.24, 2.45) is 0 Å². The first-order valence-electron chi connectivity index (χ1n) is 7.00. The highest BCUT2D eigenvalue weighted by atomic mass is 16.5. The van der Waals surface area contributed by atoms with Gasteiger partial charge in [0.2, 0.25) is 0 Å². The van der Waals surface area contributed by atoms with Gasteiger partial charge in [-0.25, -0.2) is 4.98 Å². The maximum atomic E-state index is 9.87. The second kappa shape index (κ2) is 4.77. The van der Waals surface area contributed by atoms with Crippen molar-refractivity contribution in [3.8, 4) is 17.3 Å². The van der Waals surface area contributed by atoms with Gasteiger partial charge in [0.05, 0.1) is 18.1 Å². The second-order valence-electron chi connectivity index (χ2n) is 5.11. The molecular weight excluding hydrogens is 276 g/mol. The first-order valence-corrected chi connectivity index (χ1v) is 7.00. The van der Waals surface area contributed by atoms with Gasteiger partial charge in [-0.2, -0.15) is 0 Å². The summed E-state index contributed by atoms with van der Waals surface area (Å²) >= 11 is 0. The van der Waals surface area contributed by atoms with Crippen molar-refractivity contribution < 1.29 is 9.84 Å². The number of fused-ring (bicyclic) bond motifs is 3. The summed E-state index contributed by atoms with van der Waals surface area (Å²) < 4.78 is 7.33. The van der Waals surface area contributed by atoms with Crippen LogP contribution in [0.3, 0.4) is 0 Å². The minimum atomic E-state index is 0.236. The molecule has 0 atom stereocenters. The van der Waals surface area contributed by atoms with Gasteiger partial charge in [-0.05, 0) is 24.3 Å². The third kappa shape index (κ3) is 1.81. The standard InChI is InChI=1S/C18H14N2O2/c1-22-13-8-9-19-18(11-13)20-16-5-3-2-4-14(16)15-7-6-12(21)10-17(15)20/h2-11,21H,1H3. The van der Waals surface area contributed by atoms with Gasteiger partial charge < -0.3 is 9.84 Å². The van der Waals surface area contributed by atoms with Crippen molar-refractivity contribution in [1.82, 2.24) is 9.55 Å². The highest BCUT2D eigenvalue weighted by molar-refractivity contribution is 6.09. The Morgan fingerprint density at radius 2 is 1.77 bits per heavy atom. The van der Waals surface area contributed by atoms with Crippen LogP contribution in [0.15, 0.2) is 60.8 Å². The molecule has 2 aromatic carbocycles. The summed E-state index contributed by atoms with van der Waals surface area (Å²) in [5.41, 5.74) is 1.96. The minimum Gasteiger partial charge on any atom is -0.508 e. The van der Waals surface area contributed by atoms with Crippen LogP contribution in [0.1, 0.15) is 0 Å². The molecule has 0 aliphatic heterocycles. The predicted octanol–water partition coefficient (Wildman–Crippen LogP) is 3.89. The molecule has 0 saturated heterocycles. The summed E-state index contributed by atoms with van der Waals surface area (Å²) in [6.45, 7) is 0. The van der Waals surface area contributed by atoms with E-state index in [4.69, 9.17) is 4.74 Å². The van der Waals surface area contributed by atoms with E-state index in [-0.39, 0.29) is 5.75 Å². The van der Waals surface area contributed by atoms with Gasteiger partial charge in [0.15, 0.2) is 0 Å². The van der Waals surface area contributed by atoms with E-state index in [2.05, 4.69) is 11.1 Å². The van der Waals surface area contributed by atoms with Gasteiger partial charge in [0.1, 0.15) is 17.3 Å². The Labute approximate surface area is 127 Å². The van der Waals surface area contributed by atoms with E-state index in [1.165, 1.54) is 0 Å². The van der Waals surface area contributed by atoms with Gasteiger partial charge in [-0.15, -0.1) is 0 Å². The normalized spacial score (nSPS) is 11.1. The number of benzene rings is 2. The molecule has 0 radical (unpaired) electrons. The molecule has 108 valence electrons. The molecule has 0 fully saturated rings. The number of ether oxygens (including phenoxy) is 1. The van der Waals surface area contributed by atoms with Crippen LogP contribution in [-0.2, 0) is 0 Å². The molecule has 0 aliphatic carbocycles. The molecule has 0 bridgehead atoms. The number of nitrogens with zero attached hydrogens (tertiary/aromatic N) is 2. The van der Waals surface area contributed by atoms with E-state index in [0.717, 1.165) is 33.4 Å². The molecule has 2 heterocycles. The van der Waals surface area contributed by atoms with Gasteiger partial charge in [0.25, 0.3) is 0 Å². The zero-order valence-corrected chi connectivity index (χ0v) is 12.0. The number of hydrogen-bond acceptors (Lipinski definition) is 3. The van der Waals surface area contributed by atoms with Crippen LogP contribution in [0.2, 0.25) is 0 Å². The molecular formula is C18H14N2O2. The molecule has 0 spiro atoms. The molecule has 0 amide bonds. The van der Waals surface area contributed by atoms with Crippen molar-refractivity contribution in [1.29, 1.82) is 0 Å². The Hall–Kier alpha value is -3.01. The summed E-state index contributed by atoms with van der Waals surface area (Å²) in [6.07, 6.45) is 1.72. The van der Waals surface area contributed by atoms with E-state index >= 15 is 0 Å². The van der Waals surface area contributed by atoms with E-state index in [1.807, 2.05) is 41.0 Å². The maximum absolute atomic E-state index is 9.87. The summed E-state index contributed by atoms with van der Waals surface area (Å²) in [6, 6.07) is 17.2. The van der Waals surface area contributed by atoms with Gasteiger partial charge in [-0.3, -0.25) is 4.57 Å². The SMILES string of the molecule is COc1ccnc(-n2c3ccccc3c3ccc(O)cc32)c1. The highest BCUT2D eigenvalue weighted by Crippen LogP contribution is 2.33. The largest absolute Gasteiger partial charge is 0.508 e. The quantitative estimate of drug-likeness (QED) is 0.609. The smallest absolute Gasteiger partial charge is 0.141 e. The number of aromatic hydroxyl groups is 1. The van der Waals surface area contributed by atoms with Crippen LogP contribution in [0.25, 0.3) is 27.6 Å². The minimum absolute atomic E-state index is 0.236. The van der Waals surface area contributed by atoms with Crippen LogP contribution in [0.5, 0.6) is 11.5 Å². The average Bonchev–Trinajstić information content (AvgIpc) is 2.88. The summed E-state index contributed by atoms with van der Waals surface area (Å²) in [4.78, 5) is 4.46. The lowest BCUT2D eigenvalue weighted by Crippen LogP contribution is -1.97. The zero-order valence-electron chi connectivity index (χ0n) is 12.0. The first-order chi connectivity index (χ1) is 10.8. The Bertz CT molecular complexity index is 989. The number of aromatic nitrogens is 2. The average molecular weight is 290 g/mol. The number of phenols is 1. The lowest BCUT2D eigenvalue weighted by atomic mass is 10.1. The van der Waals surface area contributed by atoms with Crippen LogP contribution in [0, 0.1) is 0 Å². The summed E-state index contributed by atoms with van der Waals surface area (Å²) in [5.74, 6) is 1.74. The number of rotatable bonds is 2. The molecule has 22 heavy (non-hydrogen) atoms. The number of hydrogen-bond donors (Lipinski definition) is 1. The first kappa shape index (κ1) is 12.7. The fourth-order valence-corrected chi connectivity index (χ4v) is 2.85. The molecule has 0 unspecified atom stereocenters. The zero-order chi connectivity index (χ0) is 15.1. The fourth-order valence-electron chi connectivity index (χ4n) is 2.85. The molecule has 0 saturated carbocycles. The Morgan fingerprint density at radius 3 is 2.64 bits per heavy atom. The van der Waals surface area contributed by atoms with Gasteiger partial charge in [-0.1, -0.05) is 18.2 Å². The Balaban J connectivity index is 2.15. The Morgan fingerprint density at radius 1 is 0.955 bits per heavy atom. The molecule has 4 aromatic rings. The van der Waals surface area contributed by atoms with E-state index < -0.39 is 0 Å². The van der Waals surface area contributed by atoms with E-state index in [9.17, 15) is 5.11 Å². The monoisotopic (exact) mass is 290 g/mol. The van der Waals surface area contributed by atoms with Crippen LogP contribution >= 0.6 is 0 Å². The summed E-state index contributed by atoms with van der Waals surface area (Å²) in [5, 5.41) is 12.1. The third-order valence-corrected chi connectivity index (χ3v) is 3.84. The number of pyridine rings is 1.